The standard InChI is InChI=1S/C51H34N4OS/c1-3-14-31(15-4-1)49-52-50(32-16-5-2-6-17-32)54-51(53-49)41-24-12-23-40-46-37(20-13-27-44(46)56-47(40)41)39-22-11-21-38-36-29-28-33(30-45(36)57-48(38)39)55-42-25-9-7-18-34(42)35-19-8-10-26-43(35)55/h1-11,13-23,25-30,49H,12,24H2,(H,52,53,54). The lowest BCUT2D eigenvalue weighted by Gasteiger charge is -2.24. The number of nitrogens with one attached hydrogen (secondary N) is 1. The quantitative estimate of drug-likeness (QED) is 0.190. The Balaban J connectivity index is 1.03. The first-order chi connectivity index (χ1) is 28.3. The topological polar surface area (TPSA) is 54.8 Å². The molecule has 0 fully saturated rings. The van der Waals surface area contributed by atoms with E-state index in [-0.39, 0.29) is 6.17 Å². The summed E-state index contributed by atoms with van der Waals surface area (Å²) < 4.78 is 11.8. The van der Waals surface area contributed by atoms with Crippen LogP contribution in [0.15, 0.2) is 178 Å². The lowest BCUT2D eigenvalue weighted by atomic mass is 9.96. The maximum atomic E-state index is 6.86. The number of benzene rings is 7. The lowest BCUT2D eigenvalue weighted by molar-refractivity contribution is 0.569. The number of amidine groups is 2. The van der Waals surface area contributed by atoms with Gasteiger partial charge >= 0.3 is 0 Å². The van der Waals surface area contributed by atoms with Crippen LogP contribution in [0.1, 0.15) is 30.1 Å². The van der Waals surface area contributed by atoms with Crippen molar-refractivity contribution in [2.45, 2.75) is 19.0 Å². The number of thiophene rings is 1. The van der Waals surface area contributed by atoms with Crippen LogP contribution in [-0.2, 0) is 0 Å². The van der Waals surface area contributed by atoms with Gasteiger partial charge in [-0.25, -0.2) is 9.98 Å². The number of para-hydroxylation sites is 2. The second kappa shape index (κ2) is 12.8. The van der Waals surface area contributed by atoms with E-state index >= 15 is 0 Å². The number of hydrogen-bond acceptors (Lipinski definition) is 5. The molecule has 1 N–H and O–H groups in total. The summed E-state index contributed by atoms with van der Waals surface area (Å²) in [6.45, 7) is 0. The van der Waals surface area contributed by atoms with E-state index in [9.17, 15) is 0 Å². The fourth-order valence-electron chi connectivity index (χ4n) is 8.98. The maximum Gasteiger partial charge on any atom is 0.159 e. The van der Waals surface area contributed by atoms with E-state index in [0.29, 0.717) is 0 Å². The van der Waals surface area contributed by atoms with Gasteiger partial charge in [0.05, 0.1) is 11.0 Å². The zero-order valence-corrected chi connectivity index (χ0v) is 31.6. The molecule has 0 radical (unpaired) electrons. The fourth-order valence-corrected chi connectivity index (χ4v) is 10.2. The average Bonchev–Trinajstić information content (AvgIpc) is 3.96. The Morgan fingerprint density at radius 3 is 2.16 bits per heavy atom. The molecule has 5 nitrogen and oxygen atoms in total. The van der Waals surface area contributed by atoms with Crippen molar-refractivity contribution < 1.29 is 4.42 Å². The van der Waals surface area contributed by atoms with Crippen molar-refractivity contribution in [2.24, 2.45) is 9.98 Å². The summed E-state index contributed by atoms with van der Waals surface area (Å²) in [6.07, 6.45) is 3.75. The van der Waals surface area contributed by atoms with Crippen molar-refractivity contribution in [1.82, 2.24) is 9.88 Å². The zero-order valence-electron chi connectivity index (χ0n) is 30.8. The monoisotopic (exact) mass is 750 g/mol. The van der Waals surface area contributed by atoms with E-state index in [1.807, 2.05) is 35.6 Å². The molecule has 0 saturated heterocycles. The zero-order chi connectivity index (χ0) is 37.5. The molecule has 0 amide bonds. The van der Waals surface area contributed by atoms with E-state index in [0.717, 1.165) is 62.8 Å². The van der Waals surface area contributed by atoms with Gasteiger partial charge in [0.2, 0.25) is 0 Å². The first-order valence-electron chi connectivity index (χ1n) is 19.5. The van der Waals surface area contributed by atoms with E-state index < -0.39 is 0 Å². The molecule has 6 heteroatoms. The van der Waals surface area contributed by atoms with Crippen LogP contribution in [0.25, 0.3) is 81.4 Å². The van der Waals surface area contributed by atoms with Gasteiger partial charge in [-0.1, -0.05) is 140 Å². The molecule has 1 aliphatic heterocycles. The van der Waals surface area contributed by atoms with Crippen LogP contribution in [0, 0.1) is 0 Å². The number of fused-ring (bicyclic) bond motifs is 9. The third-order valence-corrected chi connectivity index (χ3v) is 12.8. The molecule has 12 rings (SSSR count). The highest BCUT2D eigenvalue weighted by Crippen LogP contribution is 2.43. The highest BCUT2D eigenvalue weighted by Gasteiger charge is 2.25. The van der Waals surface area contributed by atoms with Gasteiger partial charge in [-0.2, -0.15) is 0 Å². The van der Waals surface area contributed by atoms with Gasteiger partial charge in [-0.15, -0.1) is 11.3 Å². The smallest absolute Gasteiger partial charge is 0.159 e. The number of rotatable bonds is 5. The van der Waals surface area contributed by atoms with Crippen molar-refractivity contribution in [3.05, 3.63) is 186 Å². The summed E-state index contributed by atoms with van der Waals surface area (Å²) in [6, 6.07) is 58.3. The van der Waals surface area contributed by atoms with Crippen LogP contribution in [0.2, 0.25) is 0 Å². The summed E-state index contributed by atoms with van der Waals surface area (Å²) in [4.78, 5) is 10.4. The van der Waals surface area contributed by atoms with Gasteiger partial charge in [0.25, 0.3) is 0 Å². The largest absolute Gasteiger partial charge is 0.456 e. The van der Waals surface area contributed by atoms with Crippen LogP contribution in [0.5, 0.6) is 0 Å². The average molecular weight is 751 g/mol. The second-order valence-electron chi connectivity index (χ2n) is 14.8. The SMILES string of the molecule is C1=c2c(oc3cccc(-c4cccc5c4sc4cc(-n6c7ccccc7c7ccccc76)ccc45)c23)=C(C2=NC(c3ccccc3)NC(c3ccccc3)=N2)CC1. The van der Waals surface area contributed by atoms with Crippen molar-refractivity contribution >= 4 is 87.6 Å². The summed E-state index contributed by atoms with van der Waals surface area (Å²) in [5.74, 6) is 1.54. The van der Waals surface area contributed by atoms with Crippen molar-refractivity contribution in [3.63, 3.8) is 0 Å². The molecule has 0 saturated carbocycles. The van der Waals surface area contributed by atoms with Gasteiger partial charge in [-0.05, 0) is 54.3 Å². The minimum absolute atomic E-state index is 0.267. The van der Waals surface area contributed by atoms with Crippen LogP contribution in [-0.4, -0.2) is 16.2 Å². The van der Waals surface area contributed by atoms with Gasteiger partial charge in [0, 0.05) is 63.9 Å². The Labute approximate surface area is 331 Å². The molecule has 7 aromatic carbocycles. The normalized spacial score (nSPS) is 15.5. The van der Waals surface area contributed by atoms with E-state index in [1.165, 1.54) is 58.8 Å². The molecule has 1 aliphatic carbocycles. The van der Waals surface area contributed by atoms with Gasteiger partial charge in [-0.3, -0.25) is 0 Å². The Hall–Kier alpha value is -7.02. The van der Waals surface area contributed by atoms with Crippen molar-refractivity contribution in [2.75, 3.05) is 0 Å². The van der Waals surface area contributed by atoms with Crippen LogP contribution < -0.4 is 16.0 Å². The highest BCUT2D eigenvalue weighted by molar-refractivity contribution is 7.26. The summed E-state index contributed by atoms with van der Waals surface area (Å²) in [5.41, 5.74) is 10.9. The molecule has 1 atom stereocenters. The highest BCUT2D eigenvalue weighted by atomic mass is 32.1. The first-order valence-corrected chi connectivity index (χ1v) is 20.3. The number of nitrogens with zero attached hydrogens (tertiary/aromatic N) is 3. The van der Waals surface area contributed by atoms with Crippen LogP contribution in [0.3, 0.4) is 0 Å². The summed E-state index contributed by atoms with van der Waals surface area (Å²) >= 11 is 1.87. The van der Waals surface area contributed by atoms with E-state index in [1.54, 1.807) is 0 Å². The van der Waals surface area contributed by atoms with E-state index in [4.69, 9.17) is 14.4 Å². The first kappa shape index (κ1) is 32.2. The number of hydrogen-bond donors (Lipinski definition) is 1. The van der Waals surface area contributed by atoms with Gasteiger partial charge in [0.1, 0.15) is 23.0 Å². The molecule has 0 bridgehead atoms. The van der Waals surface area contributed by atoms with Crippen molar-refractivity contribution in [1.29, 1.82) is 0 Å². The molecule has 57 heavy (non-hydrogen) atoms. The Bertz CT molecular complexity index is 3390. The molecule has 3 aromatic heterocycles. The van der Waals surface area contributed by atoms with E-state index in [2.05, 4.69) is 155 Å². The molecular weight excluding hydrogens is 717 g/mol. The van der Waals surface area contributed by atoms with Crippen molar-refractivity contribution in [3.8, 4) is 16.8 Å². The molecule has 270 valence electrons. The Kier molecular flexibility index (Phi) is 7.22. The van der Waals surface area contributed by atoms with Crippen LogP contribution >= 0.6 is 11.3 Å². The number of aliphatic imine (C=N–C) groups is 2. The molecule has 1 unspecified atom stereocenters. The lowest BCUT2D eigenvalue weighted by Crippen LogP contribution is -2.36. The summed E-state index contributed by atoms with van der Waals surface area (Å²) in [5, 5.41) is 11.0. The predicted octanol–water partition coefficient (Wildman–Crippen LogP) is 11.4. The predicted molar refractivity (Wildman–Crippen MR) is 238 cm³/mol. The fraction of sp³-hybridized carbons (Fsp3) is 0.0588. The molecule has 2 aliphatic rings. The number of furan rings is 1. The van der Waals surface area contributed by atoms with Gasteiger partial charge < -0.3 is 14.3 Å². The minimum atomic E-state index is -0.267. The maximum absolute atomic E-state index is 6.86. The summed E-state index contributed by atoms with van der Waals surface area (Å²) in [7, 11) is 0. The number of aromatic nitrogens is 1. The van der Waals surface area contributed by atoms with Gasteiger partial charge in [0.15, 0.2) is 5.84 Å². The second-order valence-corrected chi connectivity index (χ2v) is 15.9. The minimum Gasteiger partial charge on any atom is -0.456 e. The molecular formula is C51H34N4OS. The Morgan fingerprint density at radius 2 is 1.35 bits per heavy atom. The Morgan fingerprint density at radius 1 is 0.649 bits per heavy atom. The van der Waals surface area contributed by atoms with Crippen LogP contribution in [0.4, 0.5) is 0 Å². The molecule has 4 heterocycles. The third-order valence-electron chi connectivity index (χ3n) is 11.6. The molecule has 10 aromatic rings. The third kappa shape index (κ3) is 5.07. The molecule has 0 spiro atoms.